The summed E-state index contributed by atoms with van der Waals surface area (Å²) in [4.78, 5) is 15.5. The third-order valence-corrected chi connectivity index (χ3v) is 6.19. The van der Waals surface area contributed by atoms with E-state index < -0.39 is 0 Å². The number of nitrogens with one attached hydrogen (secondary N) is 1. The summed E-state index contributed by atoms with van der Waals surface area (Å²) in [6, 6.07) is 16.1. The number of likely N-dealkylation sites (tertiary alicyclic amines) is 1. The van der Waals surface area contributed by atoms with Crippen LogP contribution in [-0.4, -0.2) is 35.7 Å². The molecule has 2 aromatic rings. The fraction of sp³-hybridized carbons (Fsp3) is 0.350. The number of thioether (sulfide) groups is 1. The number of piperidine rings is 1. The number of halogens is 2. The third-order valence-electron chi connectivity index (χ3n) is 4.45. The molecule has 0 aliphatic carbocycles. The smallest absolute Gasteiger partial charge is 0.230 e. The van der Waals surface area contributed by atoms with Gasteiger partial charge in [0.05, 0.1) is 10.8 Å². The Bertz CT molecular complexity index is 734. The van der Waals surface area contributed by atoms with Crippen molar-refractivity contribution in [3.63, 3.8) is 0 Å². The minimum Gasteiger partial charge on any atom is -0.353 e. The number of carbonyl (C=O) groups is 1. The molecule has 0 spiro atoms. The molecule has 6 heteroatoms. The highest BCUT2D eigenvalue weighted by Crippen LogP contribution is 2.29. The summed E-state index contributed by atoms with van der Waals surface area (Å²) in [7, 11) is 0. The minimum absolute atomic E-state index is 0.0487. The zero-order valence-corrected chi connectivity index (χ0v) is 16.8. The van der Waals surface area contributed by atoms with E-state index in [0.29, 0.717) is 15.8 Å². The fourth-order valence-corrected chi connectivity index (χ4v) is 4.38. The van der Waals surface area contributed by atoms with Crippen molar-refractivity contribution < 1.29 is 4.79 Å². The van der Waals surface area contributed by atoms with Gasteiger partial charge in [-0.25, -0.2) is 0 Å². The average Bonchev–Trinajstić information content (AvgIpc) is 2.65. The number of nitrogens with zero attached hydrogens (tertiary/aromatic N) is 1. The van der Waals surface area contributed by atoms with Gasteiger partial charge < -0.3 is 5.32 Å². The minimum atomic E-state index is 0.0487. The van der Waals surface area contributed by atoms with Gasteiger partial charge in [-0.15, -0.1) is 11.8 Å². The molecule has 1 N–H and O–H groups in total. The van der Waals surface area contributed by atoms with Crippen LogP contribution in [0.1, 0.15) is 18.4 Å². The average molecular weight is 409 g/mol. The Morgan fingerprint density at radius 2 is 1.85 bits per heavy atom. The van der Waals surface area contributed by atoms with Gasteiger partial charge in [0.15, 0.2) is 0 Å². The number of benzene rings is 2. The summed E-state index contributed by atoms with van der Waals surface area (Å²) in [5, 5.41) is 4.40. The van der Waals surface area contributed by atoms with Gasteiger partial charge in [0.25, 0.3) is 0 Å². The van der Waals surface area contributed by atoms with Gasteiger partial charge in [0.1, 0.15) is 0 Å². The molecule has 0 bridgehead atoms. The van der Waals surface area contributed by atoms with Crippen LogP contribution >= 0.6 is 35.0 Å². The normalized spacial score (nSPS) is 15.8. The van der Waals surface area contributed by atoms with Crippen molar-refractivity contribution in [2.75, 3.05) is 18.8 Å². The van der Waals surface area contributed by atoms with E-state index in [-0.39, 0.29) is 11.9 Å². The Morgan fingerprint density at radius 1 is 1.12 bits per heavy atom. The second kappa shape index (κ2) is 9.65. The number of rotatable bonds is 6. The highest BCUT2D eigenvalue weighted by Gasteiger charge is 2.20. The molecule has 1 amide bonds. The molecule has 1 saturated heterocycles. The maximum absolute atomic E-state index is 12.2. The van der Waals surface area contributed by atoms with Crippen LogP contribution in [0.3, 0.4) is 0 Å². The molecular weight excluding hydrogens is 387 g/mol. The molecule has 3 nitrogen and oxygen atoms in total. The first-order valence-electron chi connectivity index (χ1n) is 8.73. The van der Waals surface area contributed by atoms with Crippen LogP contribution < -0.4 is 5.32 Å². The Hall–Kier alpha value is -1.20. The molecule has 1 aliphatic rings. The highest BCUT2D eigenvalue weighted by atomic mass is 35.5. The molecule has 138 valence electrons. The van der Waals surface area contributed by atoms with E-state index >= 15 is 0 Å². The largest absolute Gasteiger partial charge is 0.353 e. The molecular formula is C20H22Cl2N2OS. The van der Waals surface area contributed by atoms with Crippen LogP contribution in [0.25, 0.3) is 0 Å². The van der Waals surface area contributed by atoms with Crippen LogP contribution in [0.15, 0.2) is 53.4 Å². The van der Waals surface area contributed by atoms with Gasteiger partial charge in [-0.2, -0.15) is 0 Å². The number of hydrogen-bond acceptors (Lipinski definition) is 3. The fourth-order valence-electron chi connectivity index (χ4n) is 3.08. The maximum atomic E-state index is 12.2. The SMILES string of the molecule is O=C(CSc1cc(Cl)ccc1Cl)NC1CCN(Cc2ccccc2)CC1. The quantitative estimate of drug-likeness (QED) is 0.692. The first kappa shape index (κ1) is 19.6. The zero-order chi connectivity index (χ0) is 18.4. The molecule has 0 atom stereocenters. The van der Waals surface area contributed by atoms with Crippen molar-refractivity contribution in [3.05, 3.63) is 64.1 Å². The van der Waals surface area contributed by atoms with Crippen LogP contribution in [0.2, 0.25) is 10.0 Å². The molecule has 2 aromatic carbocycles. The van der Waals surface area contributed by atoms with E-state index in [2.05, 4.69) is 34.5 Å². The van der Waals surface area contributed by atoms with E-state index in [9.17, 15) is 4.79 Å². The monoisotopic (exact) mass is 408 g/mol. The Labute approximate surface area is 169 Å². The Balaban J connectivity index is 1.40. The summed E-state index contributed by atoms with van der Waals surface area (Å²) in [5.74, 6) is 0.400. The van der Waals surface area contributed by atoms with Crippen LogP contribution in [-0.2, 0) is 11.3 Å². The van der Waals surface area contributed by atoms with E-state index in [4.69, 9.17) is 23.2 Å². The van der Waals surface area contributed by atoms with Gasteiger partial charge in [-0.05, 0) is 36.6 Å². The van der Waals surface area contributed by atoms with Crippen LogP contribution in [0.5, 0.6) is 0 Å². The molecule has 3 rings (SSSR count). The Kier molecular flexibility index (Phi) is 7.26. The highest BCUT2D eigenvalue weighted by molar-refractivity contribution is 8.00. The number of amides is 1. The van der Waals surface area contributed by atoms with E-state index in [1.807, 2.05) is 6.07 Å². The van der Waals surface area contributed by atoms with E-state index in [0.717, 1.165) is 37.4 Å². The van der Waals surface area contributed by atoms with Crippen molar-refractivity contribution in [2.45, 2.75) is 30.3 Å². The van der Waals surface area contributed by atoms with Gasteiger partial charge in [0.2, 0.25) is 5.91 Å². The van der Waals surface area contributed by atoms with E-state index in [1.54, 1.807) is 18.2 Å². The van der Waals surface area contributed by atoms with Gasteiger partial charge in [-0.1, -0.05) is 53.5 Å². The maximum Gasteiger partial charge on any atom is 0.230 e. The van der Waals surface area contributed by atoms with Gasteiger partial charge in [-0.3, -0.25) is 9.69 Å². The number of hydrogen-bond donors (Lipinski definition) is 1. The van der Waals surface area contributed by atoms with Gasteiger partial charge in [0, 0.05) is 35.6 Å². The second-order valence-corrected chi connectivity index (χ2v) is 8.33. The van der Waals surface area contributed by atoms with Crippen molar-refractivity contribution in [2.24, 2.45) is 0 Å². The molecule has 1 aliphatic heterocycles. The molecule has 0 radical (unpaired) electrons. The zero-order valence-electron chi connectivity index (χ0n) is 14.5. The first-order chi connectivity index (χ1) is 12.6. The molecule has 0 aromatic heterocycles. The lowest BCUT2D eigenvalue weighted by atomic mass is 10.0. The van der Waals surface area contributed by atoms with Crippen LogP contribution in [0, 0.1) is 0 Å². The lowest BCUT2D eigenvalue weighted by Crippen LogP contribution is -2.44. The van der Waals surface area contributed by atoms with Crippen LogP contribution in [0.4, 0.5) is 0 Å². The van der Waals surface area contributed by atoms with Crippen molar-refractivity contribution in [1.82, 2.24) is 10.2 Å². The summed E-state index contributed by atoms with van der Waals surface area (Å²) < 4.78 is 0. The summed E-state index contributed by atoms with van der Waals surface area (Å²) in [5.41, 5.74) is 1.34. The first-order valence-corrected chi connectivity index (χ1v) is 10.5. The van der Waals surface area contributed by atoms with Crippen molar-refractivity contribution >= 4 is 40.9 Å². The van der Waals surface area contributed by atoms with Crippen molar-refractivity contribution in [3.8, 4) is 0 Å². The Morgan fingerprint density at radius 3 is 2.58 bits per heavy atom. The molecule has 26 heavy (non-hydrogen) atoms. The topological polar surface area (TPSA) is 32.3 Å². The molecule has 0 unspecified atom stereocenters. The second-order valence-electron chi connectivity index (χ2n) is 6.47. The standard InChI is InChI=1S/C20H22Cl2N2OS/c21-16-6-7-18(22)19(12-16)26-14-20(25)23-17-8-10-24(11-9-17)13-15-4-2-1-3-5-15/h1-7,12,17H,8-11,13-14H2,(H,23,25). The lowest BCUT2D eigenvalue weighted by molar-refractivity contribution is -0.119. The summed E-state index contributed by atoms with van der Waals surface area (Å²) >= 11 is 13.5. The molecule has 0 saturated carbocycles. The number of carbonyl (C=O) groups excluding carboxylic acids is 1. The third kappa shape index (κ3) is 5.92. The molecule has 1 fully saturated rings. The van der Waals surface area contributed by atoms with Crippen molar-refractivity contribution in [1.29, 1.82) is 0 Å². The van der Waals surface area contributed by atoms with Gasteiger partial charge >= 0.3 is 0 Å². The van der Waals surface area contributed by atoms with E-state index in [1.165, 1.54) is 17.3 Å². The lowest BCUT2D eigenvalue weighted by Gasteiger charge is -2.32. The predicted octanol–water partition coefficient (Wildman–Crippen LogP) is 4.87. The summed E-state index contributed by atoms with van der Waals surface area (Å²) in [6.45, 7) is 2.99. The predicted molar refractivity (Wildman–Crippen MR) is 110 cm³/mol. The summed E-state index contributed by atoms with van der Waals surface area (Å²) in [6.07, 6.45) is 1.97. The molecule has 1 heterocycles.